The number of hydrogen-bond acceptors (Lipinski definition) is 26. The number of anilines is 6. The Hall–Kier alpha value is -16.7. The molecule has 0 spiro atoms. The van der Waals surface area contributed by atoms with E-state index >= 15 is 0 Å². The van der Waals surface area contributed by atoms with E-state index in [2.05, 4.69) is 81.7 Å². The third-order valence-corrected chi connectivity index (χ3v) is 20.8. The minimum atomic E-state index is -0.748. The van der Waals surface area contributed by atoms with Gasteiger partial charge in [-0.25, -0.2) is 61.3 Å². The highest BCUT2D eigenvalue weighted by Gasteiger charge is 2.28. The van der Waals surface area contributed by atoms with Gasteiger partial charge in [0, 0.05) is 60.5 Å². The highest BCUT2D eigenvalue weighted by molar-refractivity contribution is 5.96. The average Bonchev–Trinajstić information content (AvgIpc) is 1.21. The van der Waals surface area contributed by atoms with Gasteiger partial charge in [0.15, 0.2) is 23.2 Å². The minimum Gasteiger partial charge on any atom is -0.454 e. The van der Waals surface area contributed by atoms with Crippen molar-refractivity contribution < 1.29 is 34.4 Å². The highest BCUT2D eigenvalue weighted by Crippen LogP contribution is 2.34. The molecule has 11 heterocycles. The number of H-pyrrole nitrogens is 3. The van der Waals surface area contributed by atoms with Gasteiger partial charge in [-0.1, -0.05) is 112 Å². The molecular weight excluding hydrogens is 1590 g/mol. The van der Waals surface area contributed by atoms with E-state index in [-0.39, 0.29) is 52.8 Å². The molecule has 11 aromatic heterocycles. The normalized spacial score (nSPS) is 11.9. The smallest absolute Gasteiger partial charge is 0.310 e. The Labute approximate surface area is 709 Å². The number of hydroxylamine groups is 3. The van der Waals surface area contributed by atoms with Gasteiger partial charge in [0.1, 0.15) is 45.5 Å². The number of carbonyl (C=O) groups is 3. The molecule has 15 N–H and O–H groups in total. The number of benzene rings is 7. The van der Waals surface area contributed by atoms with Crippen molar-refractivity contribution >= 4 is 118 Å². The molecule has 0 unspecified atom stereocenters. The Morgan fingerprint density at radius 1 is 0.384 bits per heavy atom. The fourth-order valence-corrected chi connectivity index (χ4v) is 14.6. The van der Waals surface area contributed by atoms with Gasteiger partial charge in [0.05, 0.1) is 110 Å². The van der Waals surface area contributed by atoms with Gasteiger partial charge in [-0.05, 0) is 152 Å². The fraction of sp³-hybridized carbons (Fsp3) is 0.133. The van der Waals surface area contributed by atoms with Crippen LogP contribution in [0.3, 0.4) is 0 Å². The Kier molecular flexibility index (Phi) is 24.5. The summed E-state index contributed by atoms with van der Waals surface area (Å²) in [5.74, 6) is 1.84. The first-order valence-corrected chi connectivity index (χ1v) is 39.9. The number of para-hydroxylation sites is 3. The second kappa shape index (κ2) is 37.3. The van der Waals surface area contributed by atoms with E-state index in [4.69, 9.17) is 35.0 Å². The molecule has 0 aliphatic heterocycles. The van der Waals surface area contributed by atoms with E-state index < -0.39 is 17.7 Å². The number of nitrogens with zero attached hydrogens (tertiary/aromatic N) is 13. The molecule has 0 bridgehead atoms. The maximum Gasteiger partial charge on any atom is 0.310 e. The zero-order valence-corrected chi connectivity index (χ0v) is 67.2. The lowest BCUT2D eigenvalue weighted by Gasteiger charge is -2.23. The lowest BCUT2D eigenvalue weighted by Crippen LogP contribution is -2.28. The Bertz CT molecular complexity index is 6840. The van der Waals surface area contributed by atoms with Crippen molar-refractivity contribution in [1.29, 1.82) is 0 Å². The summed E-state index contributed by atoms with van der Waals surface area (Å²) >= 11 is 0. The molecule has 626 valence electrons. The molecule has 125 heavy (non-hydrogen) atoms. The quantitative estimate of drug-likeness (QED) is 0.0168. The van der Waals surface area contributed by atoms with E-state index in [0.29, 0.717) is 162 Å². The first-order chi connectivity index (χ1) is 61.2. The molecule has 35 heteroatoms. The zero-order valence-electron chi connectivity index (χ0n) is 67.2. The van der Waals surface area contributed by atoms with Crippen molar-refractivity contribution in [2.45, 2.75) is 77.8 Å². The lowest BCUT2D eigenvalue weighted by molar-refractivity contribution is 0.0673. The number of fused-ring (bicyclic) bond motifs is 6. The van der Waals surface area contributed by atoms with Crippen LogP contribution in [0.2, 0.25) is 0 Å². The van der Waals surface area contributed by atoms with Gasteiger partial charge < -0.3 is 51.3 Å². The molecule has 0 saturated heterocycles. The van der Waals surface area contributed by atoms with Crippen molar-refractivity contribution in [2.75, 3.05) is 31.9 Å². The first-order valence-electron chi connectivity index (χ1n) is 39.9. The molecule has 35 nitrogen and oxygen atoms in total. The van der Waals surface area contributed by atoms with Crippen LogP contribution in [0.4, 0.5) is 34.5 Å². The van der Waals surface area contributed by atoms with Gasteiger partial charge in [-0.15, -0.1) is 0 Å². The number of aromatic amines is 3. The number of nitrogens with one attached hydrogen (secondary N) is 12. The Balaban J connectivity index is 0.000000138. The molecule has 0 fully saturated rings. The van der Waals surface area contributed by atoms with Crippen molar-refractivity contribution in [2.24, 2.45) is 0 Å². The number of furan rings is 1. The SMILES string of the molecule is CC[C@H](Nc1nccc2[nH]cnc12)c1nc2cccc(NCc3ccc(C(=O)NO)cc3)c2c(=O)n1-c1ccccc1.CC[C@H](Nc1nccc2[nH]cnc12)c1nc2cccc(NCc3ccc(C(=O)NO)nc3)c2c(=O)n1-c1ccccc1.CC[C@H](Nc1nccc2[nH]cnc12)c1nc2cccc(NCc3ccc(C(=O)NO)o3)c2c(=O)n1-c1ccccc1. The van der Waals surface area contributed by atoms with E-state index in [1.807, 2.05) is 172 Å². The van der Waals surface area contributed by atoms with E-state index in [1.165, 1.54) is 18.3 Å². The average molecular weight is 1670 g/mol. The first kappa shape index (κ1) is 82.1. The number of hydrogen-bond donors (Lipinski definition) is 15. The van der Waals surface area contributed by atoms with Gasteiger partial charge in [0.25, 0.3) is 28.5 Å². The number of amides is 3. The lowest BCUT2D eigenvalue weighted by atomic mass is 10.1. The maximum absolute atomic E-state index is 14.3. The summed E-state index contributed by atoms with van der Waals surface area (Å²) in [6, 6.07) is 62.3. The van der Waals surface area contributed by atoms with E-state index in [9.17, 15) is 28.8 Å². The van der Waals surface area contributed by atoms with Gasteiger partial charge in [-0.3, -0.25) is 63.1 Å². The highest BCUT2D eigenvalue weighted by atomic mass is 16.5. The molecule has 18 aromatic rings. The molecule has 3 amide bonds. The summed E-state index contributed by atoms with van der Waals surface area (Å²) < 4.78 is 10.4. The minimum absolute atomic E-state index is 0.0295. The number of imidazole rings is 3. The van der Waals surface area contributed by atoms with Crippen LogP contribution in [0.15, 0.2) is 275 Å². The van der Waals surface area contributed by atoms with Crippen LogP contribution in [0, 0.1) is 0 Å². The summed E-state index contributed by atoms with van der Waals surface area (Å²) in [4.78, 5) is 133. The standard InChI is InChI=1S/C31H28N8O3.C30H27N9O3.C29H26N8O4/c1-2-22(36-28-27-25(15-16-32-28)34-18-35-27)29-37-24-10-6-9-23(26(24)31(41)39(29)21-7-4-3-5-8-21)33-17-19-11-13-20(14-12-19)30(40)38-42;1-2-20(36-27-26-23(13-14-31-27)34-17-35-26)28-37-22-10-6-9-21(25(22)30(41)39(28)19-7-4-3-5-8-19)32-15-18-11-12-24(33-16-18)29(40)38-42;1-2-19(34-26-25-22(13-14-30-26)32-16-33-25)27-35-21-10-6-9-20(31-15-18-11-12-23(41-18)28(38)36-40)24(21)29(39)37(27)17-7-4-3-5-8-17/h3-16,18,22,33,42H,2,17H2,1H3,(H,32,36)(H,34,35)(H,38,40);3-14,16-17,20,32,42H,2,15H2,1H3,(H,31,36)(H,34,35)(H,38,40);3-14,16,19,31,40H,2,15H2,1H3,(H,30,34)(H,32,33)(H,36,38)/t22-;20-;19-/m000/s1. The zero-order chi connectivity index (χ0) is 86.5. The monoisotopic (exact) mass is 1670 g/mol. The molecule has 0 radical (unpaired) electrons. The van der Waals surface area contributed by atoms with Gasteiger partial charge in [-0.2, -0.15) is 0 Å². The maximum atomic E-state index is 14.3. The number of aromatic nitrogens is 16. The second-order valence-corrected chi connectivity index (χ2v) is 28.5. The second-order valence-electron chi connectivity index (χ2n) is 28.5. The summed E-state index contributed by atoms with van der Waals surface area (Å²) in [5, 5.41) is 48.2. The van der Waals surface area contributed by atoms with Crippen LogP contribution in [0.25, 0.3) is 82.9 Å². The van der Waals surface area contributed by atoms with E-state index in [1.54, 1.807) is 116 Å². The molecule has 0 saturated carbocycles. The molecule has 0 aliphatic carbocycles. The van der Waals surface area contributed by atoms with Crippen LogP contribution in [0.1, 0.15) is 124 Å². The fourth-order valence-electron chi connectivity index (χ4n) is 14.6. The summed E-state index contributed by atoms with van der Waals surface area (Å²) in [7, 11) is 0. The Morgan fingerprint density at radius 3 is 1.13 bits per heavy atom. The third kappa shape index (κ3) is 17.4. The van der Waals surface area contributed by atoms with Gasteiger partial charge >= 0.3 is 5.91 Å². The van der Waals surface area contributed by atoms with Crippen LogP contribution in [-0.4, -0.2) is 112 Å². The summed E-state index contributed by atoms with van der Waals surface area (Å²) in [5.41, 5.74) is 16.4. The number of carbonyl (C=O) groups excluding carboxylic acids is 3. The number of pyridine rings is 4. The van der Waals surface area contributed by atoms with Crippen LogP contribution in [0.5, 0.6) is 0 Å². The predicted octanol–water partition coefficient (Wildman–Crippen LogP) is 13.8. The van der Waals surface area contributed by atoms with Crippen LogP contribution < -0.4 is 65.0 Å². The molecule has 0 aliphatic rings. The van der Waals surface area contributed by atoms with Crippen molar-refractivity contribution in [3.8, 4) is 17.1 Å². The van der Waals surface area contributed by atoms with Crippen molar-refractivity contribution in [3.63, 3.8) is 0 Å². The molecule has 7 aromatic carbocycles. The van der Waals surface area contributed by atoms with Gasteiger partial charge in [0.2, 0.25) is 0 Å². The predicted molar refractivity (Wildman–Crippen MR) is 473 cm³/mol. The molecule has 18 rings (SSSR count). The van der Waals surface area contributed by atoms with Crippen molar-refractivity contribution in [1.82, 2.24) is 94.9 Å². The largest absolute Gasteiger partial charge is 0.454 e. The molecular formula is C90H81N25O10. The summed E-state index contributed by atoms with van der Waals surface area (Å²) in [6.07, 6.45) is 13.4. The van der Waals surface area contributed by atoms with E-state index in [0.717, 1.165) is 27.7 Å². The topological polar surface area (TPSA) is 476 Å². The van der Waals surface area contributed by atoms with Crippen molar-refractivity contribution in [3.05, 3.63) is 339 Å². The van der Waals surface area contributed by atoms with Crippen LogP contribution >= 0.6 is 0 Å². The summed E-state index contributed by atoms with van der Waals surface area (Å²) in [6.45, 7) is 7.02. The Morgan fingerprint density at radius 2 is 0.760 bits per heavy atom. The van der Waals surface area contributed by atoms with Crippen LogP contribution in [-0.2, 0) is 19.6 Å². The third-order valence-electron chi connectivity index (χ3n) is 20.8. The molecule has 3 atom stereocenters. The number of rotatable bonds is 27.